The van der Waals surface area contributed by atoms with Gasteiger partial charge in [-0.1, -0.05) is 30.3 Å². The summed E-state index contributed by atoms with van der Waals surface area (Å²) < 4.78 is 31.8. The maximum Gasteiger partial charge on any atom is 0.331 e. The zero-order valence-electron chi connectivity index (χ0n) is 17.8. The van der Waals surface area contributed by atoms with Crippen molar-refractivity contribution in [1.82, 2.24) is 9.29 Å². The molecule has 9 heteroatoms. The standard InChI is InChI=1S/C24H23N3O5S/c28-22(26-20-9-4-10-21(16-20)33(30,31)27-14-1-2-15-27)17-32-23(29)12-11-19-7-3-6-18-8-5-13-25-24(18)19/h3-13,16H,1-2,14-15,17H2,(H,26,28)/b12-11+. The van der Waals surface area contributed by atoms with E-state index in [1.165, 1.54) is 22.5 Å². The Morgan fingerprint density at radius 3 is 2.64 bits per heavy atom. The molecule has 170 valence electrons. The molecule has 0 unspecified atom stereocenters. The van der Waals surface area contributed by atoms with Crippen molar-refractivity contribution < 1.29 is 22.7 Å². The number of esters is 1. The molecule has 8 nitrogen and oxygen atoms in total. The highest BCUT2D eigenvalue weighted by molar-refractivity contribution is 7.89. The van der Waals surface area contributed by atoms with E-state index in [0.29, 0.717) is 18.8 Å². The molecule has 0 bridgehead atoms. The first kappa shape index (κ1) is 22.6. The number of hydrogen-bond donors (Lipinski definition) is 1. The molecule has 4 rings (SSSR count). The van der Waals surface area contributed by atoms with E-state index in [4.69, 9.17) is 4.74 Å². The average Bonchev–Trinajstić information content (AvgIpc) is 3.38. The minimum absolute atomic E-state index is 0.117. The monoisotopic (exact) mass is 465 g/mol. The van der Waals surface area contributed by atoms with Gasteiger partial charge in [0.25, 0.3) is 5.91 Å². The highest BCUT2D eigenvalue weighted by Gasteiger charge is 2.27. The van der Waals surface area contributed by atoms with Gasteiger partial charge in [-0.2, -0.15) is 4.31 Å². The number of hydrogen-bond acceptors (Lipinski definition) is 6. The lowest BCUT2D eigenvalue weighted by atomic mass is 10.1. The molecule has 2 heterocycles. The second-order valence-corrected chi connectivity index (χ2v) is 9.49. The van der Waals surface area contributed by atoms with Gasteiger partial charge in [-0.25, -0.2) is 13.2 Å². The molecule has 2 aromatic carbocycles. The molecule has 1 aliphatic rings. The molecule has 1 N–H and O–H groups in total. The van der Waals surface area contributed by atoms with Crippen LogP contribution < -0.4 is 5.32 Å². The number of aromatic nitrogens is 1. The van der Waals surface area contributed by atoms with Crippen LogP contribution in [-0.2, 0) is 24.3 Å². The number of benzene rings is 2. The van der Waals surface area contributed by atoms with Crippen LogP contribution >= 0.6 is 0 Å². The second kappa shape index (κ2) is 9.93. The Morgan fingerprint density at radius 1 is 1.06 bits per heavy atom. The third-order valence-corrected chi connectivity index (χ3v) is 7.12. The first-order valence-corrected chi connectivity index (χ1v) is 12.0. The summed E-state index contributed by atoms with van der Waals surface area (Å²) in [4.78, 5) is 28.7. The largest absolute Gasteiger partial charge is 0.452 e. The Hall–Kier alpha value is -3.56. The van der Waals surface area contributed by atoms with E-state index >= 15 is 0 Å². The summed E-state index contributed by atoms with van der Waals surface area (Å²) >= 11 is 0. The minimum atomic E-state index is -3.59. The smallest absolute Gasteiger partial charge is 0.331 e. The summed E-state index contributed by atoms with van der Waals surface area (Å²) in [6.45, 7) is 0.495. The van der Waals surface area contributed by atoms with Crippen LogP contribution in [0, 0.1) is 0 Å². The molecule has 3 aromatic rings. The van der Waals surface area contributed by atoms with E-state index in [2.05, 4.69) is 10.3 Å². The van der Waals surface area contributed by atoms with Gasteiger partial charge < -0.3 is 10.1 Å². The van der Waals surface area contributed by atoms with E-state index in [1.54, 1.807) is 24.4 Å². The van der Waals surface area contributed by atoms with E-state index in [1.807, 2.05) is 30.3 Å². The van der Waals surface area contributed by atoms with Gasteiger partial charge in [0.15, 0.2) is 6.61 Å². The van der Waals surface area contributed by atoms with Gasteiger partial charge >= 0.3 is 5.97 Å². The van der Waals surface area contributed by atoms with E-state index < -0.39 is 28.5 Å². The third-order valence-electron chi connectivity index (χ3n) is 5.23. The Morgan fingerprint density at radius 2 is 1.82 bits per heavy atom. The highest BCUT2D eigenvalue weighted by Crippen LogP contribution is 2.23. The minimum Gasteiger partial charge on any atom is -0.452 e. The van der Waals surface area contributed by atoms with E-state index in [0.717, 1.165) is 29.3 Å². The van der Waals surface area contributed by atoms with Crippen molar-refractivity contribution >= 4 is 44.6 Å². The fraction of sp³-hybridized carbons (Fsp3) is 0.208. The highest BCUT2D eigenvalue weighted by atomic mass is 32.2. The number of fused-ring (bicyclic) bond motifs is 1. The molecule has 1 aromatic heterocycles. The van der Waals surface area contributed by atoms with Crippen LogP contribution in [0.25, 0.3) is 17.0 Å². The van der Waals surface area contributed by atoms with Crippen LogP contribution in [0.1, 0.15) is 18.4 Å². The van der Waals surface area contributed by atoms with Crippen LogP contribution in [0.5, 0.6) is 0 Å². The topological polar surface area (TPSA) is 106 Å². The van der Waals surface area contributed by atoms with Crippen molar-refractivity contribution in [3.05, 3.63) is 72.4 Å². The summed E-state index contributed by atoms with van der Waals surface area (Å²) in [7, 11) is -3.59. The summed E-state index contributed by atoms with van der Waals surface area (Å²) in [6.07, 6.45) is 6.18. The number of sulfonamides is 1. The Labute approximate surface area is 191 Å². The maximum absolute atomic E-state index is 12.7. The van der Waals surface area contributed by atoms with Gasteiger partial charge in [0.2, 0.25) is 10.0 Å². The number of carbonyl (C=O) groups is 2. The number of anilines is 1. The molecule has 0 atom stereocenters. The molecular weight excluding hydrogens is 442 g/mol. The van der Waals surface area contributed by atoms with Crippen molar-refractivity contribution in [3.8, 4) is 0 Å². The number of ether oxygens (including phenoxy) is 1. The predicted octanol–water partition coefficient (Wildman–Crippen LogP) is 3.21. The van der Waals surface area contributed by atoms with Crippen molar-refractivity contribution in [2.75, 3.05) is 25.0 Å². The number of rotatable bonds is 7. The van der Waals surface area contributed by atoms with Crippen LogP contribution in [0.4, 0.5) is 5.69 Å². The molecule has 0 saturated carbocycles. The van der Waals surface area contributed by atoms with Gasteiger partial charge in [-0.3, -0.25) is 9.78 Å². The van der Waals surface area contributed by atoms with Crippen LogP contribution in [0.15, 0.2) is 71.8 Å². The summed E-state index contributed by atoms with van der Waals surface area (Å²) in [6, 6.07) is 15.4. The van der Waals surface area contributed by atoms with Crippen molar-refractivity contribution in [1.29, 1.82) is 0 Å². The molecule has 33 heavy (non-hydrogen) atoms. The van der Waals surface area contributed by atoms with Gasteiger partial charge in [-0.15, -0.1) is 0 Å². The first-order chi connectivity index (χ1) is 15.9. The van der Waals surface area contributed by atoms with Crippen LogP contribution in [0.2, 0.25) is 0 Å². The zero-order chi connectivity index (χ0) is 23.3. The predicted molar refractivity (Wildman–Crippen MR) is 125 cm³/mol. The zero-order valence-corrected chi connectivity index (χ0v) is 18.6. The molecule has 0 radical (unpaired) electrons. The molecule has 1 saturated heterocycles. The Kier molecular flexibility index (Phi) is 6.81. The summed E-state index contributed by atoms with van der Waals surface area (Å²) in [5.74, 6) is -1.25. The second-order valence-electron chi connectivity index (χ2n) is 7.55. The third kappa shape index (κ3) is 5.44. The quantitative estimate of drug-likeness (QED) is 0.424. The lowest BCUT2D eigenvalue weighted by Gasteiger charge is -2.16. The summed E-state index contributed by atoms with van der Waals surface area (Å²) in [5, 5.41) is 3.51. The van der Waals surface area contributed by atoms with Gasteiger partial charge in [0.05, 0.1) is 10.4 Å². The number of para-hydroxylation sites is 1. The van der Waals surface area contributed by atoms with E-state index in [9.17, 15) is 18.0 Å². The van der Waals surface area contributed by atoms with Crippen LogP contribution in [-0.4, -0.2) is 49.3 Å². The SMILES string of the molecule is O=C(COC(=O)/C=C/c1cccc2cccnc12)Nc1cccc(S(=O)(=O)N2CCCC2)c1. The Bertz CT molecular complexity index is 1310. The number of nitrogens with one attached hydrogen (secondary N) is 1. The molecular formula is C24H23N3O5S. The van der Waals surface area contributed by atoms with Crippen molar-refractivity contribution in [3.63, 3.8) is 0 Å². The molecule has 1 amide bonds. The lowest BCUT2D eigenvalue weighted by Crippen LogP contribution is -2.28. The number of amides is 1. The number of nitrogens with zero attached hydrogens (tertiary/aromatic N) is 2. The van der Waals surface area contributed by atoms with Crippen LogP contribution in [0.3, 0.4) is 0 Å². The van der Waals surface area contributed by atoms with E-state index in [-0.39, 0.29) is 4.90 Å². The number of pyridine rings is 1. The fourth-order valence-electron chi connectivity index (χ4n) is 3.61. The molecule has 0 aliphatic carbocycles. The summed E-state index contributed by atoms with van der Waals surface area (Å²) in [5.41, 5.74) is 1.82. The Balaban J connectivity index is 1.34. The average molecular weight is 466 g/mol. The fourth-order valence-corrected chi connectivity index (χ4v) is 5.18. The molecule has 1 fully saturated rings. The van der Waals surface area contributed by atoms with Crippen molar-refractivity contribution in [2.24, 2.45) is 0 Å². The normalized spacial score (nSPS) is 14.5. The molecule has 0 spiro atoms. The lowest BCUT2D eigenvalue weighted by molar-refractivity contribution is -0.142. The maximum atomic E-state index is 12.7. The van der Waals surface area contributed by atoms with Gasteiger partial charge in [-0.05, 0) is 43.2 Å². The number of carbonyl (C=O) groups excluding carboxylic acids is 2. The van der Waals surface area contributed by atoms with Crippen molar-refractivity contribution in [2.45, 2.75) is 17.7 Å². The first-order valence-electron chi connectivity index (χ1n) is 10.5. The van der Waals surface area contributed by atoms with Gasteiger partial charge in [0.1, 0.15) is 0 Å². The van der Waals surface area contributed by atoms with Gasteiger partial charge in [0, 0.05) is 42.0 Å². The molecule has 1 aliphatic heterocycles.